The van der Waals surface area contributed by atoms with Crippen molar-refractivity contribution >= 4 is 35.8 Å². The molecule has 152 valence electrons. The molecule has 1 fully saturated rings. The number of carbonyl (C=O) groups is 1. The topological polar surface area (TPSA) is 74.6 Å². The van der Waals surface area contributed by atoms with E-state index in [2.05, 4.69) is 34.7 Å². The number of benzene rings is 1. The zero-order valence-electron chi connectivity index (χ0n) is 16.5. The van der Waals surface area contributed by atoms with Crippen LogP contribution >= 0.6 is 24.0 Å². The normalized spacial score (nSPS) is 16.6. The molecule has 0 bridgehead atoms. The van der Waals surface area contributed by atoms with Crippen LogP contribution in [0.15, 0.2) is 48.0 Å². The molecule has 1 saturated heterocycles. The molecule has 0 spiro atoms. The van der Waals surface area contributed by atoms with Crippen LogP contribution in [0.25, 0.3) is 5.69 Å². The van der Waals surface area contributed by atoms with Gasteiger partial charge in [0.2, 0.25) is 5.91 Å². The van der Waals surface area contributed by atoms with Gasteiger partial charge in [-0.25, -0.2) is 9.98 Å². The Bertz CT molecular complexity index is 777. The van der Waals surface area contributed by atoms with Gasteiger partial charge >= 0.3 is 0 Å². The first-order valence-electron chi connectivity index (χ1n) is 9.60. The highest BCUT2D eigenvalue weighted by atomic mass is 127. The largest absolute Gasteiger partial charge is 0.357 e. The summed E-state index contributed by atoms with van der Waals surface area (Å²) in [7, 11) is 0. The highest BCUT2D eigenvalue weighted by molar-refractivity contribution is 14.0. The summed E-state index contributed by atoms with van der Waals surface area (Å²) in [5, 5.41) is 6.78. The molecule has 1 unspecified atom stereocenters. The van der Waals surface area contributed by atoms with Crippen LogP contribution in [0.4, 0.5) is 0 Å². The van der Waals surface area contributed by atoms with Crippen LogP contribution in [0.5, 0.6) is 0 Å². The van der Waals surface area contributed by atoms with Crippen molar-refractivity contribution in [3.63, 3.8) is 0 Å². The minimum absolute atomic E-state index is 0. The highest BCUT2D eigenvalue weighted by Gasteiger charge is 2.25. The summed E-state index contributed by atoms with van der Waals surface area (Å²) in [6.07, 6.45) is 7.01. The van der Waals surface area contributed by atoms with Gasteiger partial charge < -0.3 is 20.1 Å². The number of hydrogen-bond acceptors (Lipinski definition) is 3. The van der Waals surface area contributed by atoms with Gasteiger partial charge in [0.1, 0.15) is 0 Å². The first-order valence-corrected chi connectivity index (χ1v) is 9.60. The van der Waals surface area contributed by atoms with Gasteiger partial charge in [-0.15, -0.1) is 24.0 Å². The quantitative estimate of drug-likeness (QED) is 0.367. The molecule has 1 atom stereocenters. The monoisotopic (exact) mass is 496 g/mol. The number of rotatable bonds is 6. The molecule has 0 aliphatic carbocycles. The van der Waals surface area contributed by atoms with Gasteiger partial charge in [-0.3, -0.25) is 4.79 Å². The lowest BCUT2D eigenvalue weighted by Gasteiger charge is -2.19. The number of para-hydroxylation sites is 1. The zero-order valence-corrected chi connectivity index (χ0v) is 18.8. The van der Waals surface area contributed by atoms with Gasteiger partial charge in [0.05, 0.1) is 18.6 Å². The highest BCUT2D eigenvalue weighted by Crippen LogP contribution is 2.15. The predicted octanol–water partition coefficient (Wildman–Crippen LogP) is 2.56. The molecule has 28 heavy (non-hydrogen) atoms. The van der Waals surface area contributed by atoms with Crippen molar-refractivity contribution in [2.45, 2.75) is 39.3 Å². The fourth-order valence-corrected chi connectivity index (χ4v) is 3.30. The molecule has 3 rings (SSSR count). The Balaban J connectivity index is 0.00000280. The molecule has 1 aromatic carbocycles. The number of carbonyl (C=O) groups excluding carboxylic acids is 1. The average molecular weight is 496 g/mol. The van der Waals surface area contributed by atoms with Crippen LogP contribution < -0.4 is 10.6 Å². The van der Waals surface area contributed by atoms with Crippen molar-refractivity contribution in [3.8, 4) is 5.69 Å². The number of amides is 1. The smallest absolute Gasteiger partial charge is 0.222 e. The maximum atomic E-state index is 11.9. The summed E-state index contributed by atoms with van der Waals surface area (Å²) in [6.45, 7) is 6.87. The van der Waals surface area contributed by atoms with E-state index in [1.165, 1.54) is 0 Å². The van der Waals surface area contributed by atoms with Crippen molar-refractivity contribution in [1.29, 1.82) is 0 Å². The van der Waals surface area contributed by atoms with Crippen molar-refractivity contribution < 1.29 is 4.79 Å². The summed E-state index contributed by atoms with van der Waals surface area (Å²) in [5.41, 5.74) is 2.21. The van der Waals surface area contributed by atoms with E-state index in [0.29, 0.717) is 13.0 Å². The maximum Gasteiger partial charge on any atom is 0.222 e. The molecule has 7 nitrogen and oxygen atoms in total. The van der Waals surface area contributed by atoms with Gasteiger partial charge in [0.25, 0.3) is 0 Å². The first kappa shape index (κ1) is 22.2. The summed E-state index contributed by atoms with van der Waals surface area (Å²) < 4.78 is 2.00. The number of halogens is 1. The summed E-state index contributed by atoms with van der Waals surface area (Å²) in [5.74, 6) is 1.00. The summed E-state index contributed by atoms with van der Waals surface area (Å²) in [6, 6.07) is 8.43. The number of hydrogen-bond donors (Lipinski definition) is 2. The Morgan fingerprint density at radius 2 is 2.14 bits per heavy atom. The molecule has 2 N–H and O–H groups in total. The Hall–Kier alpha value is -2.10. The lowest BCUT2D eigenvalue weighted by molar-refractivity contribution is -0.129. The average Bonchev–Trinajstić information content (AvgIpc) is 3.38. The van der Waals surface area contributed by atoms with Gasteiger partial charge in [-0.05, 0) is 25.0 Å². The number of aliphatic imine (C=N–C) groups is 1. The van der Waals surface area contributed by atoms with Gasteiger partial charge in [0, 0.05) is 44.5 Å². The van der Waals surface area contributed by atoms with E-state index in [1.807, 2.05) is 34.7 Å². The first-order chi connectivity index (χ1) is 13.2. The van der Waals surface area contributed by atoms with Crippen LogP contribution in [-0.2, 0) is 11.3 Å². The maximum absolute atomic E-state index is 11.9. The van der Waals surface area contributed by atoms with E-state index in [0.717, 1.165) is 43.3 Å². The number of aromatic nitrogens is 2. The fourth-order valence-electron chi connectivity index (χ4n) is 3.30. The van der Waals surface area contributed by atoms with E-state index < -0.39 is 0 Å². The van der Waals surface area contributed by atoms with Crippen molar-refractivity contribution in [3.05, 3.63) is 48.5 Å². The van der Waals surface area contributed by atoms with E-state index in [4.69, 9.17) is 4.99 Å². The minimum Gasteiger partial charge on any atom is -0.357 e. The zero-order chi connectivity index (χ0) is 19.1. The van der Waals surface area contributed by atoms with Crippen LogP contribution in [0.3, 0.4) is 0 Å². The molecule has 2 aromatic rings. The van der Waals surface area contributed by atoms with Crippen LogP contribution in [-0.4, -0.2) is 52.0 Å². The Kier molecular flexibility index (Phi) is 8.75. The number of guanidine groups is 1. The molecule has 0 saturated carbocycles. The molecule has 1 aliphatic rings. The molecule has 1 aromatic heterocycles. The number of likely N-dealkylation sites (tertiary alicyclic amines) is 1. The van der Waals surface area contributed by atoms with Crippen molar-refractivity contribution in [2.75, 3.05) is 19.6 Å². The molecule has 0 radical (unpaired) electrons. The molecular weight excluding hydrogens is 467 g/mol. The molecule has 2 heterocycles. The van der Waals surface area contributed by atoms with Gasteiger partial charge in [-0.2, -0.15) is 0 Å². The van der Waals surface area contributed by atoms with Crippen LogP contribution in [0, 0.1) is 0 Å². The molecular formula is C20H29IN6O. The van der Waals surface area contributed by atoms with E-state index >= 15 is 0 Å². The molecule has 1 amide bonds. The number of nitrogens with one attached hydrogen (secondary N) is 2. The lowest BCUT2D eigenvalue weighted by Crippen LogP contribution is -2.45. The van der Waals surface area contributed by atoms with Gasteiger partial charge in [0.15, 0.2) is 5.96 Å². The SMILES string of the molecule is CCNC(=NCc1ccccc1-n1ccnc1)NC1CCN(C(=O)CC)C1.I. The Morgan fingerprint density at radius 1 is 1.32 bits per heavy atom. The Labute approximate surface area is 183 Å². The molecule has 1 aliphatic heterocycles. The van der Waals surface area contributed by atoms with E-state index in [9.17, 15) is 4.79 Å². The van der Waals surface area contributed by atoms with Crippen LogP contribution in [0.2, 0.25) is 0 Å². The van der Waals surface area contributed by atoms with E-state index in [1.54, 1.807) is 12.5 Å². The fraction of sp³-hybridized carbons (Fsp3) is 0.450. The van der Waals surface area contributed by atoms with Crippen LogP contribution in [0.1, 0.15) is 32.3 Å². The second kappa shape index (κ2) is 11.0. The molecule has 8 heteroatoms. The Morgan fingerprint density at radius 3 is 2.86 bits per heavy atom. The summed E-state index contributed by atoms with van der Waals surface area (Å²) >= 11 is 0. The van der Waals surface area contributed by atoms with Crippen molar-refractivity contribution in [2.24, 2.45) is 4.99 Å². The van der Waals surface area contributed by atoms with Crippen molar-refractivity contribution in [1.82, 2.24) is 25.1 Å². The number of imidazole rings is 1. The summed E-state index contributed by atoms with van der Waals surface area (Å²) in [4.78, 5) is 22.7. The predicted molar refractivity (Wildman–Crippen MR) is 122 cm³/mol. The third-order valence-corrected chi connectivity index (χ3v) is 4.71. The minimum atomic E-state index is 0. The lowest BCUT2D eigenvalue weighted by atomic mass is 10.2. The second-order valence-corrected chi connectivity index (χ2v) is 6.62. The second-order valence-electron chi connectivity index (χ2n) is 6.62. The van der Waals surface area contributed by atoms with E-state index in [-0.39, 0.29) is 35.9 Å². The third-order valence-electron chi connectivity index (χ3n) is 4.71. The van der Waals surface area contributed by atoms with Gasteiger partial charge in [-0.1, -0.05) is 25.1 Å². The standard InChI is InChI=1S/C20H28N6O.HI/c1-3-19(27)25-11-9-17(14-25)24-20(22-4-2)23-13-16-7-5-6-8-18(16)26-12-10-21-15-26;/h5-8,10,12,15,17H,3-4,9,11,13-14H2,1-2H3,(H2,22,23,24);1H. The third kappa shape index (κ3) is 5.70. The number of nitrogens with zero attached hydrogens (tertiary/aromatic N) is 4.